The molecular weight excluding hydrogens is 442 g/mol. The van der Waals surface area contributed by atoms with Crippen molar-refractivity contribution < 1.29 is 4.74 Å². The van der Waals surface area contributed by atoms with Gasteiger partial charge in [0.1, 0.15) is 18.2 Å². The molecule has 100 valence electrons. The van der Waals surface area contributed by atoms with Crippen molar-refractivity contribution >= 4 is 53.6 Å². The fraction of sp³-hybridized carbons (Fsp3) is 0.167. The Morgan fingerprint density at radius 2 is 1.79 bits per heavy atom. The Morgan fingerprint density at radius 3 is 2.32 bits per heavy atom. The van der Waals surface area contributed by atoms with Gasteiger partial charge in [0.15, 0.2) is 0 Å². The molecule has 0 saturated carbocycles. The van der Waals surface area contributed by atoms with Crippen LogP contribution in [0.3, 0.4) is 0 Å². The van der Waals surface area contributed by atoms with Crippen molar-refractivity contribution in [1.82, 2.24) is 9.97 Å². The van der Waals surface area contributed by atoms with E-state index in [-0.39, 0.29) is 0 Å². The van der Waals surface area contributed by atoms with Crippen LogP contribution in [0.15, 0.2) is 37.9 Å². The van der Waals surface area contributed by atoms with Crippen molar-refractivity contribution in [3.63, 3.8) is 0 Å². The van der Waals surface area contributed by atoms with Crippen LogP contribution in [0.5, 0.6) is 5.75 Å². The van der Waals surface area contributed by atoms with E-state index in [1.54, 1.807) is 19.4 Å². The molecule has 0 amide bonds. The van der Waals surface area contributed by atoms with E-state index in [9.17, 15) is 0 Å². The molecule has 0 unspecified atom stereocenters. The van der Waals surface area contributed by atoms with Crippen LogP contribution in [0, 0.1) is 0 Å². The Balaban J connectivity index is 2.10. The number of nitrogens with one attached hydrogen (secondary N) is 1. The monoisotopic (exact) mass is 449 g/mol. The van der Waals surface area contributed by atoms with Crippen LogP contribution in [-0.4, -0.2) is 17.0 Å². The van der Waals surface area contributed by atoms with Gasteiger partial charge in [0, 0.05) is 11.5 Å². The minimum atomic E-state index is 0.357. The summed E-state index contributed by atoms with van der Waals surface area (Å²) in [5, 5.41) is 2.92. The van der Waals surface area contributed by atoms with Crippen LogP contribution in [-0.2, 0) is 6.61 Å². The summed E-state index contributed by atoms with van der Waals surface area (Å²) in [5.41, 5.74) is 0.765. The predicted molar refractivity (Wildman–Crippen MR) is 85.5 cm³/mol. The standard InChI is InChI=1S/C12H10Br3N3O/c1-16-11-5-17-8(4-18-11)6-19-12-9(14)2-7(13)3-10(12)15/h2-5H,6H2,1H3,(H,16,18). The molecule has 1 heterocycles. The Hall–Kier alpha value is -0.660. The van der Waals surface area contributed by atoms with Gasteiger partial charge < -0.3 is 10.1 Å². The lowest BCUT2D eigenvalue weighted by Crippen LogP contribution is -2.01. The van der Waals surface area contributed by atoms with E-state index in [1.165, 1.54) is 0 Å². The molecule has 0 atom stereocenters. The maximum Gasteiger partial charge on any atom is 0.148 e. The van der Waals surface area contributed by atoms with E-state index >= 15 is 0 Å². The molecule has 1 aromatic carbocycles. The van der Waals surface area contributed by atoms with Crippen molar-refractivity contribution in [3.8, 4) is 5.75 Å². The van der Waals surface area contributed by atoms with Crippen LogP contribution in [0.4, 0.5) is 5.82 Å². The van der Waals surface area contributed by atoms with E-state index in [2.05, 4.69) is 63.1 Å². The lowest BCUT2D eigenvalue weighted by atomic mass is 10.3. The first-order chi connectivity index (χ1) is 9.10. The second-order valence-electron chi connectivity index (χ2n) is 3.63. The van der Waals surface area contributed by atoms with E-state index in [4.69, 9.17) is 4.74 Å². The Morgan fingerprint density at radius 1 is 1.11 bits per heavy atom. The van der Waals surface area contributed by atoms with Gasteiger partial charge in [-0.05, 0) is 44.0 Å². The van der Waals surface area contributed by atoms with Gasteiger partial charge in [-0.2, -0.15) is 0 Å². The maximum atomic E-state index is 5.74. The third-order valence-electron chi connectivity index (χ3n) is 2.29. The molecule has 0 radical (unpaired) electrons. The van der Waals surface area contributed by atoms with Crippen LogP contribution < -0.4 is 10.1 Å². The van der Waals surface area contributed by atoms with Gasteiger partial charge in [0.25, 0.3) is 0 Å². The number of halogens is 3. The highest BCUT2D eigenvalue weighted by Crippen LogP contribution is 2.36. The fourth-order valence-electron chi connectivity index (χ4n) is 1.37. The summed E-state index contributed by atoms with van der Waals surface area (Å²) in [6.45, 7) is 0.357. The van der Waals surface area contributed by atoms with Gasteiger partial charge in [0.2, 0.25) is 0 Å². The van der Waals surface area contributed by atoms with Crippen molar-refractivity contribution in [2.24, 2.45) is 0 Å². The minimum Gasteiger partial charge on any atom is -0.485 e. The van der Waals surface area contributed by atoms with Gasteiger partial charge in [-0.15, -0.1) is 0 Å². The number of anilines is 1. The first-order valence-corrected chi connectivity index (χ1v) is 7.74. The highest BCUT2D eigenvalue weighted by Gasteiger charge is 2.09. The normalized spacial score (nSPS) is 10.3. The molecule has 19 heavy (non-hydrogen) atoms. The van der Waals surface area contributed by atoms with E-state index in [0.29, 0.717) is 6.61 Å². The lowest BCUT2D eigenvalue weighted by molar-refractivity contribution is 0.297. The molecule has 7 heteroatoms. The molecule has 0 bridgehead atoms. The zero-order valence-corrected chi connectivity index (χ0v) is 14.7. The van der Waals surface area contributed by atoms with Crippen LogP contribution >= 0.6 is 47.8 Å². The van der Waals surface area contributed by atoms with Crippen LogP contribution in [0.2, 0.25) is 0 Å². The summed E-state index contributed by atoms with van der Waals surface area (Å²) in [4.78, 5) is 8.44. The quantitative estimate of drug-likeness (QED) is 0.749. The van der Waals surface area contributed by atoms with Gasteiger partial charge in [-0.1, -0.05) is 15.9 Å². The molecule has 0 aliphatic rings. The molecule has 0 spiro atoms. The van der Waals surface area contributed by atoms with Crippen molar-refractivity contribution in [2.75, 3.05) is 12.4 Å². The molecule has 0 fully saturated rings. The summed E-state index contributed by atoms with van der Waals surface area (Å²) in [5.74, 6) is 1.47. The topological polar surface area (TPSA) is 47.0 Å². The smallest absolute Gasteiger partial charge is 0.148 e. The minimum absolute atomic E-state index is 0.357. The van der Waals surface area contributed by atoms with Crippen molar-refractivity contribution in [1.29, 1.82) is 0 Å². The zero-order chi connectivity index (χ0) is 13.8. The summed E-state index contributed by atoms with van der Waals surface area (Å²) >= 11 is 10.3. The second kappa shape index (κ2) is 6.67. The number of benzene rings is 1. The van der Waals surface area contributed by atoms with Gasteiger partial charge in [0.05, 0.1) is 27.0 Å². The van der Waals surface area contributed by atoms with Gasteiger partial charge in [-0.25, -0.2) is 4.98 Å². The Kier molecular flexibility index (Phi) is 5.18. The number of rotatable bonds is 4. The Labute approximate surface area is 136 Å². The van der Waals surface area contributed by atoms with Crippen LogP contribution in [0.1, 0.15) is 5.69 Å². The van der Waals surface area contributed by atoms with Gasteiger partial charge in [-0.3, -0.25) is 4.98 Å². The average molecular weight is 452 g/mol. The molecule has 2 aromatic rings. The van der Waals surface area contributed by atoms with Crippen molar-refractivity contribution in [2.45, 2.75) is 6.61 Å². The molecule has 0 saturated heterocycles. The first-order valence-electron chi connectivity index (χ1n) is 5.36. The number of ether oxygens (including phenoxy) is 1. The number of hydrogen-bond donors (Lipinski definition) is 1. The second-order valence-corrected chi connectivity index (χ2v) is 6.25. The van der Waals surface area contributed by atoms with Gasteiger partial charge >= 0.3 is 0 Å². The third-order valence-corrected chi connectivity index (χ3v) is 3.92. The van der Waals surface area contributed by atoms with Crippen molar-refractivity contribution in [3.05, 3.63) is 43.6 Å². The molecule has 0 aliphatic heterocycles. The predicted octanol–water partition coefficient (Wildman–Crippen LogP) is 4.38. The van der Waals surface area contributed by atoms with E-state index in [0.717, 1.165) is 30.7 Å². The van der Waals surface area contributed by atoms with Crippen LogP contribution in [0.25, 0.3) is 0 Å². The Bertz CT molecular complexity index is 552. The summed E-state index contributed by atoms with van der Waals surface area (Å²) in [7, 11) is 1.80. The summed E-state index contributed by atoms with van der Waals surface area (Å²) < 4.78 is 8.45. The molecular formula is C12H10Br3N3O. The largest absolute Gasteiger partial charge is 0.485 e. The number of aromatic nitrogens is 2. The van der Waals surface area contributed by atoms with E-state index < -0.39 is 0 Å². The lowest BCUT2D eigenvalue weighted by Gasteiger charge is -2.10. The molecule has 4 nitrogen and oxygen atoms in total. The third kappa shape index (κ3) is 3.90. The highest BCUT2D eigenvalue weighted by atomic mass is 79.9. The zero-order valence-electron chi connectivity index (χ0n) is 9.95. The number of nitrogens with zero attached hydrogens (tertiary/aromatic N) is 2. The summed E-state index contributed by atoms with van der Waals surface area (Å²) in [6.07, 6.45) is 3.36. The average Bonchev–Trinajstić information content (AvgIpc) is 2.38. The fourth-order valence-corrected chi connectivity index (χ4v) is 3.86. The first kappa shape index (κ1) is 14.7. The number of hydrogen-bond acceptors (Lipinski definition) is 4. The highest BCUT2D eigenvalue weighted by molar-refractivity contribution is 9.11. The molecule has 1 N–H and O–H groups in total. The molecule has 2 rings (SSSR count). The summed E-state index contributed by atoms with van der Waals surface area (Å²) in [6, 6.07) is 3.85. The van der Waals surface area contributed by atoms with E-state index in [1.807, 2.05) is 12.1 Å². The molecule has 0 aliphatic carbocycles. The SMILES string of the molecule is CNc1cnc(COc2c(Br)cc(Br)cc2Br)cn1. The maximum absolute atomic E-state index is 5.74. The molecule has 1 aromatic heterocycles.